The number of aryl methyl sites for hydroxylation is 1. The summed E-state index contributed by atoms with van der Waals surface area (Å²) in [4.78, 5) is 32.2. The number of carbonyl (C=O) groups excluding carboxylic acids is 2. The zero-order valence-electron chi connectivity index (χ0n) is 22.4. The van der Waals surface area contributed by atoms with Crippen LogP contribution in [0.4, 0.5) is 0 Å². The standard InChI is InChI=1S/C30H35ClN2O4S/c1-5-20(2)17-32(30(35)22-7-6-8-23(16-22)36-4)18-29(34)33-13-11-28-25(12-14-38-28)27(33)19-37-24-9-10-26(31)21(3)15-24/h6-10,12,14-16,20,27H,5,11,13,17-19H2,1-4H3/t20-,27-/m1/s1. The molecule has 0 fully saturated rings. The van der Waals surface area contributed by atoms with Gasteiger partial charge in [0.2, 0.25) is 5.91 Å². The van der Waals surface area contributed by atoms with Crippen molar-refractivity contribution < 1.29 is 19.1 Å². The molecule has 6 nitrogen and oxygen atoms in total. The molecular weight excluding hydrogens is 520 g/mol. The second-order valence-electron chi connectivity index (χ2n) is 9.81. The Morgan fingerprint density at radius 3 is 2.74 bits per heavy atom. The predicted octanol–water partition coefficient (Wildman–Crippen LogP) is 6.41. The second kappa shape index (κ2) is 12.7. The minimum absolute atomic E-state index is 0.0103. The zero-order chi connectivity index (χ0) is 27.2. The van der Waals surface area contributed by atoms with E-state index in [1.807, 2.05) is 30.0 Å². The molecule has 3 aromatic rings. The summed E-state index contributed by atoms with van der Waals surface area (Å²) in [6, 6.07) is 14.5. The van der Waals surface area contributed by atoms with Gasteiger partial charge >= 0.3 is 0 Å². The van der Waals surface area contributed by atoms with Crippen molar-refractivity contribution in [1.29, 1.82) is 0 Å². The number of rotatable bonds is 10. The molecule has 0 bridgehead atoms. The first-order chi connectivity index (χ1) is 18.3. The normalized spacial score (nSPS) is 15.5. The molecule has 202 valence electrons. The summed E-state index contributed by atoms with van der Waals surface area (Å²) in [5.74, 6) is 1.33. The van der Waals surface area contributed by atoms with Crippen LogP contribution in [0.5, 0.6) is 11.5 Å². The molecule has 1 aliphatic heterocycles. The van der Waals surface area contributed by atoms with E-state index in [0.29, 0.717) is 41.8 Å². The van der Waals surface area contributed by atoms with Gasteiger partial charge in [-0.15, -0.1) is 11.3 Å². The summed E-state index contributed by atoms with van der Waals surface area (Å²) >= 11 is 7.89. The molecule has 2 atom stereocenters. The summed E-state index contributed by atoms with van der Waals surface area (Å²) in [5.41, 5.74) is 2.57. The first kappa shape index (κ1) is 28.0. The molecule has 0 saturated carbocycles. The molecule has 0 spiro atoms. The summed E-state index contributed by atoms with van der Waals surface area (Å²) < 4.78 is 11.5. The van der Waals surface area contributed by atoms with Gasteiger partial charge in [0.1, 0.15) is 24.7 Å². The molecule has 1 aromatic heterocycles. The third kappa shape index (κ3) is 6.51. The van der Waals surface area contributed by atoms with Crippen molar-refractivity contribution >= 4 is 34.8 Å². The van der Waals surface area contributed by atoms with Gasteiger partial charge in [0.15, 0.2) is 0 Å². The van der Waals surface area contributed by atoms with Crippen molar-refractivity contribution in [1.82, 2.24) is 9.80 Å². The number of carbonyl (C=O) groups is 2. The van der Waals surface area contributed by atoms with Crippen LogP contribution in [0.3, 0.4) is 0 Å². The average Bonchev–Trinajstić information content (AvgIpc) is 3.41. The molecule has 2 amide bonds. The van der Waals surface area contributed by atoms with Crippen LogP contribution in [0.1, 0.15) is 52.7 Å². The molecule has 8 heteroatoms. The number of nitrogens with zero attached hydrogens (tertiary/aromatic N) is 2. The predicted molar refractivity (Wildman–Crippen MR) is 153 cm³/mol. The Bertz CT molecular complexity index is 1280. The Kier molecular flexibility index (Phi) is 9.34. The Balaban J connectivity index is 1.55. The molecule has 1 aliphatic rings. The highest BCUT2D eigenvalue weighted by atomic mass is 35.5. The lowest BCUT2D eigenvalue weighted by atomic mass is 10.00. The minimum Gasteiger partial charge on any atom is -0.497 e. The number of benzene rings is 2. The van der Waals surface area contributed by atoms with Crippen LogP contribution < -0.4 is 9.47 Å². The molecule has 38 heavy (non-hydrogen) atoms. The molecule has 0 aliphatic carbocycles. The second-order valence-corrected chi connectivity index (χ2v) is 11.2. The van der Waals surface area contributed by atoms with Crippen molar-refractivity contribution in [2.24, 2.45) is 5.92 Å². The molecular formula is C30H35ClN2O4S. The highest BCUT2D eigenvalue weighted by Gasteiger charge is 2.34. The molecule has 2 aromatic carbocycles. The van der Waals surface area contributed by atoms with E-state index >= 15 is 0 Å². The summed E-state index contributed by atoms with van der Waals surface area (Å²) in [6.45, 7) is 7.55. The lowest BCUT2D eigenvalue weighted by molar-refractivity contribution is -0.135. The maximum absolute atomic E-state index is 13.8. The number of fused-ring (bicyclic) bond motifs is 1. The SMILES string of the molecule is CC[C@@H](C)CN(CC(=O)N1CCc2sccc2[C@H]1COc1ccc(Cl)c(C)c1)C(=O)c1cccc(OC)c1. The number of hydrogen-bond donors (Lipinski definition) is 0. The van der Waals surface area contributed by atoms with Gasteiger partial charge in [-0.2, -0.15) is 0 Å². The monoisotopic (exact) mass is 554 g/mol. The number of methoxy groups -OCH3 is 1. The first-order valence-corrected chi connectivity index (χ1v) is 14.2. The smallest absolute Gasteiger partial charge is 0.254 e. The Labute approximate surface area is 234 Å². The van der Waals surface area contributed by atoms with Gasteiger partial charge in [-0.05, 0) is 78.2 Å². The van der Waals surface area contributed by atoms with Crippen molar-refractivity contribution in [3.63, 3.8) is 0 Å². The molecule has 0 unspecified atom stereocenters. The van der Waals surface area contributed by atoms with Crippen LogP contribution in [0.25, 0.3) is 0 Å². The van der Waals surface area contributed by atoms with Crippen LogP contribution in [-0.2, 0) is 11.2 Å². The highest BCUT2D eigenvalue weighted by molar-refractivity contribution is 7.10. The highest BCUT2D eigenvalue weighted by Crippen LogP contribution is 2.34. The van der Waals surface area contributed by atoms with Crippen LogP contribution in [0, 0.1) is 12.8 Å². The van der Waals surface area contributed by atoms with Crippen molar-refractivity contribution in [3.05, 3.63) is 80.5 Å². The molecule has 0 N–H and O–H groups in total. The number of halogens is 1. The number of thiophene rings is 1. The van der Waals surface area contributed by atoms with E-state index in [1.165, 1.54) is 4.88 Å². The number of ether oxygens (including phenoxy) is 2. The Hall–Kier alpha value is -3.03. The first-order valence-electron chi connectivity index (χ1n) is 13.0. The van der Waals surface area contributed by atoms with Crippen LogP contribution >= 0.6 is 22.9 Å². The molecule has 2 heterocycles. The van der Waals surface area contributed by atoms with E-state index < -0.39 is 0 Å². The lowest BCUT2D eigenvalue weighted by Crippen LogP contribution is -2.48. The maximum Gasteiger partial charge on any atom is 0.254 e. The van der Waals surface area contributed by atoms with Crippen LogP contribution in [0.2, 0.25) is 5.02 Å². The van der Waals surface area contributed by atoms with E-state index in [9.17, 15) is 9.59 Å². The lowest BCUT2D eigenvalue weighted by Gasteiger charge is -2.37. The van der Waals surface area contributed by atoms with Gasteiger partial charge in [-0.1, -0.05) is 37.9 Å². The van der Waals surface area contributed by atoms with Crippen LogP contribution in [-0.4, -0.2) is 55.0 Å². The van der Waals surface area contributed by atoms with Gasteiger partial charge in [0, 0.05) is 28.6 Å². The maximum atomic E-state index is 13.8. The van der Waals surface area contributed by atoms with Gasteiger partial charge in [-0.25, -0.2) is 0 Å². The number of hydrogen-bond acceptors (Lipinski definition) is 5. The van der Waals surface area contributed by atoms with Crippen molar-refractivity contribution in [2.75, 3.05) is 33.4 Å². The van der Waals surface area contributed by atoms with Gasteiger partial charge in [0.05, 0.1) is 13.2 Å². The van der Waals surface area contributed by atoms with E-state index in [1.54, 1.807) is 47.6 Å². The van der Waals surface area contributed by atoms with E-state index in [2.05, 4.69) is 25.3 Å². The fraction of sp³-hybridized carbons (Fsp3) is 0.400. The van der Waals surface area contributed by atoms with Crippen molar-refractivity contribution in [2.45, 2.75) is 39.7 Å². The van der Waals surface area contributed by atoms with E-state index in [4.69, 9.17) is 21.1 Å². The quantitative estimate of drug-likeness (QED) is 0.290. The van der Waals surface area contributed by atoms with Gasteiger partial charge in [-0.3, -0.25) is 9.59 Å². The van der Waals surface area contributed by atoms with Crippen LogP contribution in [0.15, 0.2) is 53.9 Å². The fourth-order valence-electron chi connectivity index (χ4n) is 4.67. The largest absolute Gasteiger partial charge is 0.497 e. The summed E-state index contributed by atoms with van der Waals surface area (Å²) in [6.07, 6.45) is 1.71. The molecule has 0 radical (unpaired) electrons. The Morgan fingerprint density at radius 1 is 1.18 bits per heavy atom. The van der Waals surface area contributed by atoms with Crippen molar-refractivity contribution in [3.8, 4) is 11.5 Å². The molecule has 0 saturated heterocycles. The average molecular weight is 555 g/mol. The third-order valence-corrected chi connectivity index (χ3v) is 8.53. The molecule has 4 rings (SSSR count). The van der Waals surface area contributed by atoms with Gasteiger partial charge < -0.3 is 19.3 Å². The topological polar surface area (TPSA) is 59.1 Å². The third-order valence-electron chi connectivity index (χ3n) is 7.11. The summed E-state index contributed by atoms with van der Waals surface area (Å²) in [5, 5.41) is 2.76. The van der Waals surface area contributed by atoms with E-state index in [0.717, 1.165) is 24.0 Å². The van der Waals surface area contributed by atoms with E-state index in [-0.39, 0.29) is 30.3 Å². The zero-order valence-corrected chi connectivity index (χ0v) is 24.0. The number of amides is 2. The summed E-state index contributed by atoms with van der Waals surface area (Å²) in [7, 11) is 1.58. The van der Waals surface area contributed by atoms with Gasteiger partial charge in [0.25, 0.3) is 5.91 Å². The minimum atomic E-state index is -0.231. The Morgan fingerprint density at radius 2 is 2.00 bits per heavy atom. The fourth-order valence-corrected chi connectivity index (χ4v) is 5.72.